The number of aryl methyl sites for hydroxylation is 1. The lowest BCUT2D eigenvalue weighted by atomic mass is 10.0. The van der Waals surface area contributed by atoms with E-state index >= 15 is 0 Å². The van der Waals surface area contributed by atoms with Gasteiger partial charge in [-0.2, -0.15) is 0 Å². The molecule has 0 spiro atoms. The number of benzene rings is 1. The van der Waals surface area contributed by atoms with Gasteiger partial charge in [0.1, 0.15) is 4.88 Å². The van der Waals surface area contributed by atoms with E-state index in [1.54, 1.807) is 29.8 Å². The van der Waals surface area contributed by atoms with Crippen LogP contribution in [0.2, 0.25) is 0 Å². The fourth-order valence-corrected chi connectivity index (χ4v) is 3.96. The second-order valence-electron chi connectivity index (χ2n) is 6.91. The molecule has 2 amide bonds. The number of nitrogens with one attached hydrogen (secondary N) is 2. The molecule has 0 unspecified atom stereocenters. The van der Waals surface area contributed by atoms with Gasteiger partial charge in [0.2, 0.25) is 5.91 Å². The molecule has 1 saturated heterocycles. The van der Waals surface area contributed by atoms with Crippen LogP contribution in [0.3, 0.4) is 0 Å². The third kappa shape index (κ3) is 5.61. The molecule has 3 rings (SSSR count). The molecule has 2 heterocycles. The Morgan fingerprint density at radius 3 is 2.69 bits per heavy atom. The second-order valence-corrected chi connectivity index (χ2v) is 7.77. The quantitative estimate of drug-likeness (QED) is 0.700. The van der Waals surface area contributed by atoms with E-state index in [9.17, 15) is 14.4 Å². The van der Waals surface area contributed by atoms with Gasteiger partial charge >= 0.3 is 5.97 Å². The molecule has 9 heteroatoms. The van der Waals surface area contributed by atoms with Crippen molar-refractivity contribution in [2.75, 3.05) is 32.1 Å². The first kappa shape index (κ1) is 20.9. The summed E-state index contributed by atoms with van der Waals surface area (Å²) in [7, 11) is 1.32. The number of amides is 2. The summed E-state index contributed by atoms with van der Waals surface area (Å²) in [5, 5.41) is 5.87. The van der Waals surface area contributed by atoms with Gasteiger partial charge in [-0.1, -0.05) is 6.07 Å². The summed E-state index contributed by atoms with van der Waals surface area (Å²) in [6.07, 6.45) is 1.57. The monoisotopic (exact) mass is 416 g/mol. The first-order valence-corrected chi connectivity index (χ1v) is 10.3. The van der Waals surface area contributed by atoms with Gasteiger partial charge in [-0.3, -0.25) is 14.5 Å². The van der Waals surface area contributed by atoms with Crippen LogP contribution in [-0.4, -0.2) is 60.5 Å². The van der Waals surface area contributed by atoms with Crippen molar-refractivity contribution < 1.29 is 19.1 Å². The molecule has 1 aromatic carbocycles. The Bertz CT molecular complexity index is 890. The number of nitrogens with zero attached hydrogens (tertiary/aromatic N) is 2. The van der Waals surface area contributed by atoms with Crippen LogP contribution in [0.5, 0.6) is 0 Å². The smallest absolute Gasteiger partial charge is 0.337 e. The molecule has 0 atom stereocenters. The minimum absolute atomic E-state index is 0.0771. The van der Waals surface area contributed by atoms with Crippen molar-refractivity contribution in [1.29, 1.82) is 0 Å². The van der Waals surface area contributed by atoms with Crippen molar-refractivity contribution in [2.24, 2.45) is 0 Å². The van der Waals surface area contributed by atoms with Crippen LogP contribution in [0.25, 0.3) is 0 Å². The summed E-state index contributed by atoms with van der Waals surface area (Å²) in [5.41, 5.74) is 3.36. The van der Waals surface area contributed by atoms with Crippen LogP contribution in [0.4, 0.5) is 5.69 Å². The summed E-state index contributed by atoms with van der Waals surface area (Å²) >= 11 is 1.34. The highest BCUT2D eigenvalue weighted by Crippen LogP contribution is 2.16. The van der Waals surface area contributed by atoms with E-state index in [1.165, 1.54) is 18.4 Å². The van der Waals surface area contributed by atoms with Gasteiger partial charge in [0.25, 0.3) is 5.91 Å². The van der Waals surface area contributed by atoms with Crippen LogP contribution in [-0.2, 0) is 9.53 Å². The Hall–Kier alpha value is -2.78. The fraction of sp³-hybridized carbons (Fsp3) is 0.400. The number of hydrogen-bond donors (Lipinski definition) is 2. The maximum atomic E-state index is 12.3. The van der Waals surface area contributed by atoms with Crippen molar-refractivity contribution in [2.45, 2.75) is 25.8 Å². The Morgan fingerprint density at radius 2 is 2.03 bits per heavy atom. The SMILES string of the molecule is COC(=O)c1cccc(NC(=O)CN2CCC(NC(=O)c3scnc3C)CC2)c1. The van der Waals surface area contributed by atoms with Crippen molar-refractivity contribution in [3.8, 4) is 0 Å². The molecule has 0 radical (unpaired) electrons. The normalized spacial score (nSPS) is 15.0. The van der Waals surface area contributed by atoms with Crippen molar-refractivity contribution in [3.05, 3.63) is 45.9 Å². The highest BCUT2D eigenvalue weighted by molar-refractivity contribution is 7.11. The molecule has 1 fully saturated rings. The van der Waals surface area contributed by atoms with E-state index < -0.39 is 5.97 Å². The summed E-state index contributed by atoms with van der Waals surface area (Å²) in [6.45, 7) is 3.54. The molecular weight excluding hydrogens is 392 g/mol. The highest BCUT2D eigenvalue weighted by Gasteiger charge is 2.23. The average molecular weight is 417 g/mol. The van der Waals surface area contributed by atoms with Crippen LogP contribution < -0.4 is 10.6 Å². The van der Waals surface area contributed by atoms with E-state index in [0.29, 0.717) is 16.1 Å². The van der Waals surface area contributed by atoms with Gasteiger partial charge in [0.15, 0.2) is 0 Å². The van der Waals surface area contributed by atoms with Crippen LogP contribution in [0.1, 0.15) is 38.6 Å². The summed E-state index contributed by atoms with van der Waals surface area (Å²) in [4.78, 5) is 43.1. The minimum atomic E-state index is -0.446. The molecule has 0 bridgehead atoms. The van der Waals surface area contributed by atoms with Crippen LogP contribution in [0.15, 0.2) is 29.8 Å². The van der Waals surface area contributed by atoms with Crippen LogP contribution in [0, 0.1) is 6.92 Å². The van der Waals surface area contributed by atoms with E-state index in [4.69, 9.17) is 4.74 Å². The lowest BCUT2D eigenvalue weighted by Gasteiger charge is -2.31. The Kier molecular flexibility index (Phi) is 6.95. The summed E-state index contributed by atoms with van der Waals surface area (Å²) in [6, 6.07) is 6.75. The average Bonchev–Trinajstić information content (AvgIpc) is 3.15. The lowest BCUT2D eigenvalue weighted by molar-refractivity contribution is -0.117. The van der Waals surface area contributed by atoms with E-state index in [0.717, 1.165) is 31.6 Å². The predicted molar refractivity (Wildman–Crippen MR) is 110 cm³/mol. The number of piperidine rings is 1. The number of hydrogen-bond acceptors (Lipinski definition) is 7. The zero-order valence-electron chi connectivity index (χ0n) is 16.4. The number of likely N-dealkylation sites (tertiary alicyclic amines) is 1. The van der Waals surface area contributed by atoms with Gasteiger partial charge in [0.05, 0.1) is 30.4 Å². The molecule has 2 aromatic rings. The van der Waals surface area contributed by atoms with Gasteiger partial charge in [-0.15, -0.1) is 11.3 Å². The number of carbonyl (C=O) groups is 3. The third-order valence-electron chi connectivity index (χ3n) is 4.81. The van der Waals surface area contributed by atoms with Crippen molar-refractivity contribution in [3.63, 3.8) is 0 Å². The Balaban J connectivity index is 1.44. The summed E-state index contributed by atoms with van der Waals surface area (Å²) in [5.74, 6) is -0.666. The first-order chi connectivity index (χ1) is 14.0. The molecule has 154 valence electrons. The largest absolute Gasteiger partial charge is 0.465 e. The molecule has 1 aromatic heterocycles. The van der Waals surface area contributed by atoms with Gasteiger partial charge < -0.3 is 15.4 Å². The Labute approximate surface area is 173 Å². The molecule has 2 N–H and O–H groups in total. The fourth-order valence-electron chi connectivity index (χ4n) is 3.25. The molecular formula is C20H24N4O4S. The number of thiazole rings is 1. The number of aromatic nitrogens is 1. The predicted octanol–water partition coefficient (Wildman–Crippen LogP) is 2.07. The minimum Gasteiger partial charge on any atom is -0.465 e. The topological polar surface area (TPSA) is 101 Å². The number of methoxy groups -OCH3 is 1. The zero-order valence-corrected chi connectivity index (χ0v) is 17.3. The van der Waals surface area contributed by atoms with Crippen LogP contribution >= 0.6 is 11.3 Å². The molecule has 1 aliphatic heterocycles. The Morgan fingerprint density at radius 1 is 1.28 bits per heavy atom. The molecule has 1 aliphatic rings. The standard InChI is InChI=1S/C20H24N4O4S/c1-13-18(29-12-21-13)19(26)23-15-6-8-24(9-7-15)11-17(25)22-16-5-3-4-14(10-16)20(27)28-2/h3-5,10,12,15H,6-9,11H2,1-2H3,(H,22,25)(H,23,26). The zero-order chi connectivity index (χ0) is 20.8. The number of carbonyl (C=O) groups excluding carboxylic acids is 3. The van der Waals surface area contributed by atoms with Gasteiger partial charge in [-0.25, -0.2) is 9.78 Å². The summed E-state index contributed by atoms with van der Waals surface area (Å²) < 4.78 is 4.69. The lowest BCUT2D eigenvalue weighted by Crippen LogP contribution is -2.46. The maximum absolute atomic E-state index is 12.3. The first-order valence-electron chi connectivity index (χ1n) is 9.38. The number of ether oxygens (including phenoxy) is 1. The molecule has 0 aliphatic carbocycles. The third-order valence-corrected chi connectivity index (χ3v) is 5.74. The van der Waals surface area contributed by atoms with Gasteiger partial charge in [0, 0.05) is 24.8 Å². The van der Waals surface area contributed by atoms with E-state index in [2.05, 4.69) is 20.5 Å². The number of anilines is 1. The molecule has 8 nitrogen and oxygen atoms in total. The van der Waals surface area contributed by atoms with Crippen molar-refractivity contribution in [1.82, 2.24) is 15.2 Å². The molecule has 29 heavy (non-hydrogen) atoms. The van der Waals surface area contributed by atoms with E-state index in [1.807, 2.05) is 6.92 Å². The van der Waals surface area contributed by atoms with Crippen molar-refractivity contribution >= 4 is 34.8 Å². The van der Waals surface area contributed by atoms with Gasteiger partial charge in [-0.05, 0) is 38.0 Å². The maximum Gasteiger partial charge on any atom is 0.337 e. The number of rotatable bonds is 6. The number of esters is 1. The highest BCUT2D eigenvalue weighted by atomic mass is 32.1. The van der Waals surface area contributed by atoms with E-state index in [-0.39, 0.29) is 24.4 Å². The molecule has 0 saturated carbocycles. The second kappa shape index (κ2) is 9.62.